The molecule has 126 valence electrons. The van der Waals surface area contributed by atoms with Crippen LogP contribution in [-0.4, -0.2) is 60.2 Å². The van der Waals surface area contributed by atoms with E-state index < -0.39 is 0 Å². The molecule has 23 heavy (non-hydrogen) atoms. The number of hydrogen-bond acceptors (Lipinski definition) is 5. The molecule has 0 aliphatic carbocycles. The lowest BCUT2D eigenvalue weighted by Gasteiger charge is -2.44. The molecule has 3 aliphatic rings. The third kappa shape index (κ3) is 3.30. The number of rotatable bonds is 2. The second-order valence-corrected chi connectivity index (χ2v) is 7.56. The predicted octanol–water partition coefficient (Wildman–Crippen LogP) is 2.39. The molecule has 3 aliphatic heterocycles. The lowest BCUT2D eigenvalue weighted by molar-refractivity contribution is 0.133. The third-order valence-electron chi connectivity index (χ3n) is 5.78. The van der Waals surface area contributed by atoms with Crippen molar-refractivity contribution in [2.45, 2.75) is 45.1 Å². The van der Waals surface area contributed by atoms with Gasteiger partial charge in [0, 0.05) is 44.8 Å². The second kappa shape index (κ2) is 6.63. The molecule has 0 radical (unpaired) electrons. The van der Waals surface area contributed by atoms with Gasteiger partial charge in [-0.15, -0.1) is 0 Å². The van der Waals surface area contributed by atoms with Crippen LogP contribution in [0.1, 0.15) is 39.0 Å². The number of fused-ring (bicyclic) bond motifs is 1. The average molecular weight is 315 g/mol. The maximum atomic E-state index is 4.58. The second-order valence-electron chi connectivity index (χ2n) is 7.56. The number of anilines is 2. The van der Waals surface area contributed by atoms with Crippen molar-refractivity contribution in [3.8, 4) is 0 Å². The Hall–Kier alpha value is -1.36. The van der Waals surface area contributed by atoms with Gasteiger partial charge in [0.25, 0.3) is 0 Å². The van der Waals surface area contributed by atoms with Crippen LogP contribution in [0.15, 0.2) is 12.4 Å². The van der Waals surface area contributed by atoms with Gasteiger partial charge in [-0.25, -0.2) is 9.97 Å². The molecule has 0 spiro atoms. The number of nitrogens with zero attached hydrogens (tertiary/aromatic N) is 5. The highest BCUT2D eigenvalue weighted by Gasteiger charge is 2.29. The molecule has 2 unspecified atom stereocenters. The molecule has 0 bridgehead atoms. The van der Waals surface area contributed by atoms with E-state index in [1.165, 1.54) is 45.2 Å². The first kappa shape index (κ1) is 15.2. The van der Waals surface area contributed by atoms with Crippen molar-refractivity contribution in [3.63, 3.8) is 0 Å². The Bertz CT molecular complexity index is 534. The summed E-state index contributed by atoms with van der Waals surface area (Å²) in [4.78, 5) is 16.7. The van der Waals surface area contributed by atoms with Crippen molar-refractivity contribution < 1.29 is 0 Å². The first-order valence-electron chi connectivity index (χ1n) is 9.35. The molecule has 3 fully saturated rings. The summed E-state index contributed by atoms with van der Waals surface area (Å²) < 4.78 is 0. The van der Waals surface area contributed by atoms with Crippen molar-refractivity contribution in [2.75, 3.05) is 49.1 Å². The van der Waals surface area contributed by atoms with E-state index in [0.29, 0.717) is 0 Å². The van der Waals surface area contributed by atoms with E-state index in [1.54, 1.807) is 6.33 Å². The van der Waals surface area contributed by atoms with Crippen LogP contribution in [0.5, 0.6) is 0 Å². The fourth-order valence-electron chi connectivity index (χ4n) is 4.44. The van der Waals surface area contributed by atoms with Crippen LogP contribution in [0, 0.1) is 5.92 Å². The van der Waals surface area contributed by atoms with Crippen molar-refractivity contribution in [1.29, 1.82) is 0 Å². The average Bonchev–Trinajstić information content (AvgIpc) is 2.61. The number of aromatic nitrogens is 2. The normalized spacial score (nSPS) is 29.4. The minimum absolute atomic E-state index is 0.728. The molecule has 5 nitrogen and oxygen atoms in total. The van der Waals surface area contributed by atoms with E-state index in [2.05, 4.69) is 37.7 Å². The molecule has 0 N–H and O–H groups in total. The van der Waals surface area contributed by atoms with E-state index in [-0.39, 0.29) is 0 Å². The molecule has 0 aromatic carbocycles. The van der Waals surface area contributed by atoms with Gasteiger partial charge < -0.3 is 9.80 Å². The van der Waals surface area contributed by atoms with Crippen LogP contribution >= 0.6 is 0 Å². The van der Waals surface area contributed by atoms with Gasteiger partial charge in [-0.2, -0.15) is 0 Å². The molecule has 4 rings (SSSR count). The van der Waals surface area contributed by atoms with Gasteiger partial charge in [0.1, 0.15) is 18.0 Å². The minimum atomic E-state index is 0.728. The Morgan fingerprint density at radius 2 is 1.70 bits per heavy atom. The maximum Gasteiger partial charge on any atom is 0.134 e. The van der Waals surface area contributed by atoms with Crippen LogP contribution in [0.3, 0.4) is 0 Å². The van der Waals surface area contributed by atoms with Crippen LogP contribution in [0.4, 0.5) is 11.6 Å². The molecule has 2 atom stereocenters. The predicted molar refractivity (Wildman–Crippen MR) is 94.1 cm³/mol. The molecule has 0 saturated carbocycles. The van der Waals surface area contributed by atoms with Crippen molar-refractivity contribution in [3.05, 3.63) is 12.4 Å². The van der Waals surface area contributed by atoms with Gasteiger partial charge >= 0.3 is 0 Å². The Kier molecular flexibility index (Phi) is 4.38. The maximum absolute atomic E-state index is 4.58. The van der Waals surface area contributed by atoms with E-state index in [1.807, 2.05) is 0 Å². The van der Waals surface area contributed by atoms with E-state index in [9.17, 15) is 0 Å². The minimum Gasteiger partial charge on any atom is -0.356 e. The van der Waals surface area contributed by atoms with Gasteiger partial charge in [-0.1, -0.05) is 13.3 Å². The standard InChI is InChI=1S/C18H29N5/c1-15-5-4-8-22(12-15)17-11-18(20-14-19-17)23-10-9-21-7-3-2-6-16(21)13-23/h11,14-16H,2-10,12-13H2,1H3. The summed E-state index contributed by atoms with van der Waals surface area (Å²) in [6.07, 6.45) is 8.49. The smallest absolute Gasteiger partial charge is 0.134 e. The van der Waals surface area contributed by atoms with Crippen molar-refractivity contribution in [2.24, 2.45) is 5.92 Å². The largest absolute Gasteiger partial charge is 0.356 e. The molecular formula is C18H29N5. The van der Waals surface area contributed by atoms with Crippen LogP contribution in [0.2, 0.25) is 0 Å². The van der Waals surface area contributed by atoms with Gasteiger partial charge in [0.15, 0.2) is 0 Å². The Morgan fingerprint density at radius 3 is 2.52 bits per heavy atom. The zero-order valence-electron chi connectivity index (χ0n) is 14.3. The van der Waals surface area contributed by atoms with Crippen LogP contribution in [0.25, 0.3) is 0 Å². The third-order valence-corrected chi connectivity index (χ3v) is 5.78. The van der Waals surface area contributed by atoms with Gasteiger partial charge in [-0.05, 0) is 38.1 Å². The molecule has 4 heterocycles. The lowest BCUT2D eigenvalue weighted by Crippen LogP contribution is -2.55. The number of hydrogen-bond donors (Lipinski definition) is 0. The Balaban J connectivity index is 1.47. The highest BCUT2D eigenvalue weighted by atomic mass is 15.3. The quantitative estimate of drug-likeness (QED) is 0.837. The lowest BCUT2D eigenvalue weighted by atomic mass is 9.99. The molecular weight excluding hydrogens is 286 g/mol. The Morgan fingerprint density at radius 1 is 0.870 bits per heavy atom. The summed E-state index contributed by atoms with van der Waals surface area (Å²) in [5, 5.41) is 0. The van der Waals surface area contributed by atoms with Crippen LogP contribution < -0.4 is 9.80 Å². The summed E-state index contributed by atoms with van der Waals surface area (Å²) in [5.41, 5.74) is 0. The summed E-state index contributed by atoms with van der Waals surface area (Å²) in [6.45, 7) is 9.32. The molecule has 3 saturated heterocycles. The van der Waals surface area contributed by atoms with E-state index >= 15 is 0 Å². The first-order valence-corrected chi connectivity index (χ1v) is 9.35. The number of piperazine rings is 1. The van der Waals surface area contributed by atoms with Crippen molar-refractivity contribution in [1.82, 2.24) is 14.9 Å². The fourth-order valence-corrected chi connectivity index (χ4v) is 4.44. The molecule has 1 aromatic heterocycles. The van der Waals surface area contributed by atoms with Crippen molar-refractivity contribution >= 4 is 11.6 Å². The SMILES string of the molecule is CC1CCCN(c2cc(N3CCN4CCCCC4C3)ncn2)C1. The van der Waals surface area contributed by atoms with E-state index in [4.69, 9.17) is 0 Å². The highest BCUT2D eigenvalue weighted by molar-refractivity contribution is 5.50. The summed E-state index contributed by atoms with van der Waals surface area (Å²) in [6, 6.07) is 2.95. The first-order chi connectivity index (χ1) is 11.3. The zero-order chi connectivity index (χ0) is 15.6. The summed E-state index contributed by atoms with van der Waals surface area (Å²) in [5.74, 6) is 3.01. The zero-order valence-corrected chi connectivity index (χ0v) is 14.3. The highest BCUT2D eigenvalue weighted by Crippen LogP contribution is 2.27. The molecule has 5 heteroatoms. The monoisotopic (exact) mass is 315 g/mol. The molecule has 0 amide bonds. The van der Waals surface area contributed by atoms with Gasteiger partial charge in [0.2, 0.25) is 0 Å². The fraction of sp³-hybridized carbons (Fsp3) is 0.778. The van der Waals surface area contributed by atoms with Gasteiger partial charge in [-0.3, -0.25) is 4.90 Å². The summed E-state index contributed by atoms with van der Waals surface area (Å²) >= 11 is 0. The van der Waals surface area contributed by atoms with Crippen LogP contribution in [-0.2, 0) is 0 Å². The van der Waals surface area contributed by atoms with E-state index in [0.717, 1.165) is 49.8 Å². The van der Waals surface area contributed by atoms with Gasteiger partial charge in [0.05, 0.1) is 0 Å². The Labute approximate surface area is 139 Å². The number of piperidine rings is 2. The topological polar surface area (TPSA) is 35.5 Å². The molecule has 1 aromatic rings. The summed E-state index contributed by atoms with van der Waals surface area (Å²) in [7, 11) is 0.